The van der Waals surface area contributed by atoms with E-state index in [-0.39, 0.29) is 30.4 Å². The number of esters is 1. The Morgan fingerprint density at radius 2 is 1.77 bits per heavy atom. The summed E-state index contributed by atoms with van der Waals surface area (Å²) in [6.07, 6.45) is 2.81. The molecule has 7 heteroatoms. The molecule has 0 radical (unpaired) electrons. The number of nitrogens with one attached hydrogen (secondary N) is 1. The third kappa shape index (κ3) is 6.62. The standard InChI is InChI=1S/C36H44FNO5/c1-6-35(33(39)38-41,30-15-10-12-25(3)26(30)4)22-24(2)19-21-42-34(40)36(31-16-11-17-32(37)27(31)5)20-18-29(23-36)43-28-13-8-7-9-14-28/h7-17,24,29,41H,6,18-23H2,1-5H3,(H,38,39). The van der Waals surface area contributed by atoms with Crippen molar-refractivity contribution in [3.63, 3.8) is 0 Å². The summed E-state index contributed by atoms with van der Waals surface area (Å²) in [6, 6.07) is 20.3. The van der Waals surface area contributed by atoms with E-state index in [9.17, 15) is 19.2 Å². The van der Waals surface area contributed by atoms with E-state index >= 15 is 0 Å². The van der Waals surface area contributed by atoms with Gasteiger partial charge in [0.25, 0.3) is 5.91 Å². The number of rotatable bonds is 12. The smallest absolute Gasteiger partial charge is 0.316 e. The second-order valence-electron chi connectivity index (χ2n) is 12.1. The lowest BCUT2D eigenvalue weighted by molar-refractivity contribution is -0.151. The summed E-state index contributed by atoms with van der Waals surface area (Å²) in [6.45, 7) is 9.84. The zero-order valence-electron chi connectivity index (χ0n) is 25.9. The van der Waals surface area contributed by atoms with E-state index in [0.29, 0.717) is 49.7 Å². The highest BCUT2D eigenvalue weighted by molar-refractivity contribution is 5.88. The predicted octanol–water partition coefficient (Wildman–Crippen LogP) is 7.43. The summed E-state index contributed by atoms with van der Waals surface area (Å²) in [4.78, 5) is 27.1. The van der Waals surface area contributed by atoms with Crippen LogP contribution in [0.3, 0.4) is 0 Å². The van der Waals surface area contributed by atoms with E-state index in [0.717, 1.165) is 22.4 Å². The molecule has 1 aliphatic carbocycles. The Morgan fingerprint density at radius 1 is 1.05 bits per heavy atom. The average molecular weight is 590 g/mol. The third-order valence-electron chi connectivity index (χ3n) is 9.49. The number of para-hydroxylation sites is 1. The maximum Gasteiger partial charge on any atom is 0.316 e. The summed E-state index contributed by atoms with van der Waals surface area (Å²) in [5.41, 5.74) is 4.04. The number of hydrogen-bond donors (Lipinski definition) is 2. The minimum atomic E-state index is -1.02. The molecule has 3 aromatic carbocycles. The highest BCUT2D eigenvalue weighted by Gasteiger charge is 2.50. The lowest BCUT2D eigenvalue weighted by Crippen LogP contribution is -2.44. The highest BCUT2D eigenvalue weighted by Crippen LogP contribution is 2.45. The fraction of sp³-hybridized carbons (Fsp3) is 0.444. The van der Waals surface area contributed by atoms with Gasteiger partial charge >= 0.3 is 5.97 Å². The fourth-order valence-electron chi connectivity index (χ4n) is 6.84. The third-order valence-corrected chi connectivity index (χ3v) is 9.49. The number of amides is 1. The molecule has 1 fully saturated rings. The van der Waals surface area contributed by atoms with Crippen LogP contribution in [-0.2, 0) is 25.2 Å². The van der Waals surface area contributed by atoms with Gasteiger partial charge in [0.2, 0.25) is 0 Å². The van der Waals surface area contributed by atoms with Crippen LogP contribution in [0.1, 0.15) is 80.2 Å². The zero-order chi connectivity index (χ0) is 31.2. The maximum atomic E-state index is 14.7. The molecule has 6 nitrogen and oxygen atoms in total. The van der Waals surface area contributed by atoms with Crippen LogP contribution in [-0.4, -0.2) is 29.8 Å². The molecule has 230 valence electrons. The molecule has 1 aliphatic rings. The Morgan fingerprint density at radius 3 is 2.47 bits per heavy atom. The molecule has 0 saturated heterocycles. The number of carbonyl (C=O) groups excluding carboxylic acids is 2. The number of ether oxygens (including phenoxy) is 2. The minimum Gasteiger partial charge on any atom is -0.490 e. The van der Waals surface area contributed by atoms with Gasteiger partial charge in [-0.2, -0.15) is 0 Å². The number of benzene rings is 3. The van der Waals surface area contributed by atoms with Crippen LogP contribution < -0.4 is 10.2 Å². The predicted molar refractivity (Wildman–Crippen MR) is 165 cm³/mol. The molecular formula is C36H44FNO5. The van der Waals surface area contributed by atoms with E-state index in [4.69, 9.17) is 9.47 Å². The summed E-state index contributed by atoms with van der Waals surface area (Å²) in [5.74, 6) is -0.443. The Balaban J connectivity index is 1.51. The highest BCUT2D eigenvalue weighted by atomic mass is 19.1. The van der Waals surface area contributed by atoms with E-state index < -0.39 is 16.7 Å². The van der Waals surface area contributed by atoms with Crippen molar-refractivity contribution >= 4 is 11.9 Å². The van der Waals surface area contributed by atoms with Crippen molar-refractivity contribution in [1.82, 2.24) is 5.48 Å². The minimum absolute atomic E-state index is 0.00504. The van der Waals surface area contributed by atoms with Crippen LogP contribution in [0.5, 0.6) is 5.75 Å². The molecule has 4 rings (SSSR count). The molecule has 2 N–H and O–H groups in total. The van der Waals surface area contributed by atoms with Crippen LogP contribution in [0.4, 0.5) is 4.39 Å². The van der Waals surface area contributed by atoms with Gasteiger partial charge < -0.3 is 9.47 Å². The molecule has 0 bridgehead atoms. The molecule has 3 aromatic rings. The fourth-order valence-corrected chi connectivity index (χ4v) is 6.84. The zero-order valence-corrected chi connectivity index (χ0v) is 25.9. The van der Waals surface area contributed by atoms with Crippen LogP contribution in [0.2, 0.25) is 0 Å². The van der Waals surface area contributed by atoms with Gasteiger partial charge in [0.15, 0.2) is 0 Å². The van der Waals surface area contributed by atoms with Crippen molar-refractivity contribution < 1.29 is 28.7 Å². The second-order valence-corrected chi connectivity index (χ2v) is 12.1. The Labute approximate surface area is 254 Å². The van der Waals surface area contributed by atoms with Crippen LogP contribution >= 0.6 is 0 Å². The molecule has 1 amide bonds. The molecule has 1 saturated carbocycles. The largest absolute Gasteiger partial charge is 0.490 e. The molecule has 4 unspecified atom stereocenters. The van der Waals surface area contributed by atoms with Crippen molar-refractivity contribution in [3.05, 3.63) is 100 Å². The first kappa shape index (κ1) is 32.2. The maximum absolute atomic E-state index is 14.7. The monoisotopic (exact) mass is 589 g/mol. The van der Waals surface area contributed by atoms with Gasteiger partial charge in [-0.3, -0.25) is 14.8 Å². The summed E-state index contributed by atoms with van der Waals surface area (Å²) < 4.78 is 26.9. The molecule has 4 atom stereocenters. The first-order valence-corrected chi connectivity index (χ1v) is 15.2. The molecular weight excluding hydrogens is 545 g/mol. The molecule has 43 heavy (non-hydrogen) atoms. The van der Waals surface area contributed by atoms with E-state index in [1.54, 1.807) is 13.0 Å². The van der Waals surface area contributed by atoms with Gasteiger partial charge in [0.05, 0.1) is 17.4 Å². The van der Waals surface area contributed by atoms with Crippen molar-refractivity contribution in [2.24, 2.45) is 5.92 Å². The second kappa shape index (κ2) is 13.7. The van der Waals surface area contributed by atoms with E-state index in [1.807, 2.05) is 87.8 Å². The van der Waals surface area contributed by atoms with Crippen molar-refractivity contribution in [1.29, 1.82) is 0 Å². The van der Waals surface area contributed by atoms with Gasteiger partial charge in [-0.05, 0) is 105 Å². The number of hydrogen-bond acceptors (Lipinski definition) is 5. The summed E-state index contributed by atoms with van der Waals surface area (Å²) in [5, 5.41) is 9.69. The van der Waals surface area contributed by atoms with Gasteiger partial charge in [-0.1, -0.05) is 62.4 Å². The number of carbonyl (C=O) groups is 2. The Kier molecular flexibility index (Phi) is 10.3. The molecule has 0 aromatic heterocycles. The normalized spacial score (nSPS) is 20.2. The van der Waals surface area contributed by atoms with Gasteiger partial charge in [-0.25, -0.2) is 9.87 Å². The first-order chi connectivity index (χ1) is 20.6. The molecule has 0 spiro atoms. The summed E-state index contributed by atoms with van der Waals surface area (Å²) >= 11 is 0. The van der Waals surface area contributed by atoms with Crippen molar-refractivity contribution in [2.75, 3.05) is 6.61 Å². The van der Waals surface area contributed by atoms with E-state index in [2.05, 4.69) is 0 Å². The Hall–Kier alpha value is -3.71. The van der Waals surface area contributed by atoms with Gasteiger partial charge in [-0.15, -0.1) is 0 Å². The van der Waals surface area contributed by atoms with Crippen LogP contribution in [0, 0.1) is 32.5 Å². The van der Waals surface area contributed by atoms with Crippen molar-refractivity contribution in [2.45, 2.75) is 90.1 Å². The van der Waals surface area contributed by atoms with Gasteiger partial charge in [0.1, 0.15) is 17.7 Å². The van der Waals surface area contributed by atoms with E-state index in [1.165, 1.54) is 6.07 Å². The molecule has 0 heterocycles. The molecule has 0 aliphatic heterocycles. The average Bonchev–Trinajstić information content (AvgIpc) is 3.43. The number of halogens is 1. The SMILES string of the molecule is CCC(CC(C)CCOC(=O)C1(c2cccc(F)c2C)CCC(Oc2ccccc2)C1)(C(=O)NO)c1cccc(C)c1C. The summed E-state index contributed by atoms with van der Waals surface area (Å²) in [7, 11) is 0. The number of aryl methyl sites for hydroxylation is 1. The lowest BCUT2D eigenvalue weighted by atomic mass is 9.69. The Bertz CT molecular complexity index is 1430. The van der Waals surface area contributed by atoms with Crippen LogP contribution in [0.15, 0.2) is 66.7 Å². The van der Waals surface area contributed by atoms with Crippen LogP contribution in [0.25, 0.3) is 0 Å². The quantitative estimate of drug-likeness (QED) is 0.130. The topological polar surface area (TPSA) is 84.9 Å². The van der Waals surface area contributed by atoms with Crippen molar-refractivity contribution in [3.8, 4) is 5.75 Å². The van der Waals surface area contributed by atoms with Gasteiger partial charge in [0, 0.05) is 6.42 Å². The lowest BCUT2D eigenvalue weighted by Gasteiger charge is -2.35. The number of hydroxylamine groups is 1. The first-order valence-electron chi connectivity index (χ1n) is 15.2.